The Hall–Kier alpha value is -2.10. The van der Waals surface area contributed by atoms with E-state index in [-0.39, 0.29) is 12.5 Å². The molecule has 0 aromatic heterocycles. The molecule has 2 amide bonds. The fourth-order valence-electron chi connectivity index (χ4n) is 3.48. The van der Waals surface area contributed by atoms with Crippen molar-refractivity contribution >= 4 is 55.1 Å². The highest BCUT2D eigenvalue weighted by Gasteiger charge is 2.32. The molecule has 10 heteroatoms. The number of nitrogens with zero attached hydrogens (tertiary/aromatic N) is 2. The van der Waals surface area contributed by atoms with Crippen molar-refractivity contribution in [1.29, 1.82) is 0 Å². The standard InChI is InChI=1S/C24H31BrClN3O4S/c1-4-6-15-27-24(31)21(5-2)28(16-18-11-7-9-13-20(18)26)23(30)17-29(34(3,32)33)22-14-10-8-12-19(22)25/h7-14,21H,4-6,15-17H2,1-3H3,(H,27,31)/t21-/m1/s1. The maximum absolute atomic E-state index is 13.6. The van der Waals surface area contributed by atoms with Gasteiger partial charge in [-0.1, -0.05) is 62.2 Å². The number of nitrogens with one attached hydrogen (secondary N) is 1. The van der Waals surface area contributed by atoms with Crippen LogP contribution in [0, 0.1) is 0 Å². The van der Waals surface area contributed by atoms with Crippen molar-refractivity contribution in [2.75, 3.05) is 23.7 Å². The molecule has 0 bridgehead atoms. The molecular formula is C24H31BrClN3O4S. The molecule has 0 fully saturated rings. The first kappa shape index (κ1) is 28.1. The van der Waals surface area contributed by atoms with E-state index in [4.69, 9.17) is 11.6 Å². The van der Waals surface area contributed by atoms with Gasteiger partial charge in [0.15, 0.2) is 0 Å². The van der Waals surface area contributed by atoms with Gasteiger partial charge in [0, 0.05) is 22.6 Å². The summed E-state index contributed by atoms with van der Waals surface area (Å²) in [5, 5.41) is 3.35. The van der Waals surface area contributed by atoms with E-state index in [2.05, 4.69) is 21.2 Å². The van der Waals surface area contributed by atoms with Gasteiger partial charge in [0.1, 0.15) is 12.6 Å². The van der Waals surface area contributed by atoms with E-state index in [9.17, 15) is 18.0 Å². The Morgan fingerprint density at radius 1 is 1.09 bits per heavy atom. The highest BCUT2D eigenvalue weighted by Crippen LogP contribution is 2.28. The van der Waals surface area contributed by atoms with E-state index in [1.807, 2.05) is 13.8 Å². The van der Waals surface area contributed by atoms with Crippen molar-refractivity contribution in [1.82, 2.24) is 10.2 Å². The smallest absolute Gasteiger partial charge is 0.244 e. The lowest BCUT2D eigenvalue weighted by Gasteiger charge is -2.33. The zero-order chi connectivity index (χ0) is 25.3. The van der Waals surface area contributed by atoms with Crippen LogP contribution in [0.25, 0.3) is 0 Å². The second-order valence-corrected chi connectivity index (χ2v) is 11.1. The molecule has 0 heterocycles. The molecule has 186 valence electrons. The summed E-state index contributed by atoms with van der Waals surface area (Å²) in [6.45, 7) is 3.97. The zero-order valence-corrected chi connectivity index (χ0v) is 22.8. The van der Waals surface area contributed by atoms with Crippen LogP contribution in [-0.2, 0) is 26.2 Å². The third-order valence-corrected chi connectivity index (χ3v) is 7.48. The molecule has 2 aromatic carbocycles. The van der Waals surface area contributed by atoms with Crippen molar-refractivity contribution in [3.8, 4) is 0 Å². The molecule has 0 unspecified atom stereocenters. The summed E-state index contributed by atoms with van der Waals surface area (Å²) >= 11 is 9.71. The number of halogens is 2. The Labute approximate surface area is 215 Å². The molecule has 0 aliphatic rings. The molecule has 0 saturated heterocycles. The first-order chi connectivity index (χ1) is 16.1. The summed E-state index contributed by atoms with van der Waals surface area (Å²) < 4.78 is 26.9. The van der Waals surface area contributed by atoms with Gasteiger partial charge < -0.3 is 10.2 Å². The minimum atomic E-state index is -3.79. The zero-order valence-electron chi connectivity index (χ0n) is 19.6. The average Bonchev–Trinajstić information content (AvgIpc) is 2.78. The average molecular weight is 573 g/mol. The first-order valence-corrected chi connectivity index (χ1v) is 14.1. The van der Waals surface area contributed by atoms with E-state index in [1.165, 1.54) is 4.90 Å². The van der Waals surface area contributed by atoms with E-state index in [0.717, 1.165) is 23.4 Å². The first-order valence-electron chi connectivity index (χ1n) is 11.1. The van der Waals surface area contributed by atoms with Crippen LogP contribution in [-0.4, -0.2) is 50.5 Å². The minimum Gasteiger partial charge on any atom is -0.354 e. The van der Waals surface area contributed by atoms with Crippen molar-refractivity contribution in [2.24, 2.45) is 0 Å². The Morgan fingerprint density at radius 3 is 2.32 bits per heavy atom. The van der Waals surface area contributed by atoms with Crippen LogP contribution in [0.5, 0.6) is 0 Å². The molecule has 2 aromatic rings. The lowest BCUT2D eigenvalue weighted by atomic mass is 10.1. The van der Waals surface area contributed by atoms with E-state index >= 15 is 0 Å². The summed E-state index contributed by atoms with van der Waals surface area (Å²) in [6, 6.07) is 13.1. The van der Waals surface area contributed by atoms with Crippen LogP contribution in [0.1, 0.15) is 38.7 Å². The maximum Gasteiger partial charge on any atom is 0.244 e. The molecule has 34 heavy (non-hydrogen) atoms. The molecule has 1 atom stereocenters. The number of carbonyl (C=O) groups excluding carboxylic acids is 2. The fourth-order valence-corrected chi connectivity index (χ4v) is 5.16. The number of rotatable bonds is 12. The number of carbonyl (C=O) groups is 2. The van der Waals surface area contributed by atoms with Gasteiger partial charge in [0.2, 0.25) is 21.8 Å². The fraction of sp³-hybridized carbons (Fsp3) is 0.417. The maximum atomic E-state index is 13.6. The number of benzene rings is 2. The third kappa shape index (κ3) is 7.71. The predicted molar refractivity (Wildman–Crippen MR) is 140 cm³/mol. The Bertz CT molecular complexity index is 1100. The largest absolute Gasteiger partial charge is 0.354 e. The van der Waals surface area contributed by atoms with Gasteiger partial charge in [-0.2, -0.15) is 0 Å². The lowest BCUT2D eigenvalue weighted by molar-refractivity contribution is -0.140. The van der Waals surface area contributed by atoms with Crippen molar-refractivity contribution in [3.05, 3.63) is 63.6 Å². The van der Waals surface area contributed by atoms with Crippen molar-refractivity contribution < 1.29 is 18.0 Å². The summed E-state index contributed by atoms with van der Waals surface area (Å²) in [6.07, 6.45) is 3.16. The normalized spacial score (nSPS) is 12.1. The summed E-state index contributed by atoms with van der Waals surface area (Å²) in [7, 11) is -3.79. The van der Waals surface area contributed by atoms with Crippen molar-refractivity contribution in [2.45, 2.75) is 45.7 Å². The number of anilines is 1. The molecule has 0 aliphatic carbocycles. The van der Waals surface area contributed by atoms with Crippen molar-refractivity contribution in [3.63, 3.8) is 0 Å². The van der Waals surface area contributed by atoms with Crippen LogP contribution in [0.15, 0.2) is 53.0 Å². The monoisotopic (exact) mass is 571 g/mol. The molecule has 0 radical (unpaired) electrons. The summed E-state index contributed by atoms with van der Waals surface area (Å²) in [4.78, 5) is 28.0. The quantitative estimate of drug-likeness (QED) is 0.377. The van der Waals surface area contributed by atoms with Crippen LogP contribution in [0.3, 0.4) is 0 Å². The highest BCUT2D eigenvalue weighted by molar-refractivity contribution is 9.10. The topological polar surface area (TPSA) is 86.8 Å². The summed E-state index contributed by atoms with van der Waals surface area (Å²) in [5.74, 6) is -0.776. The highest BCUT2D eigenvalue weighted by atomic mass is 79.9. The molecular weight excluding hydrogens is 542 g/mol. The van der Waals surface area contributed by atoms with Gasteiger partial charge in [0.25, 0.3) is 0 Å². The van der Waals surface area contributed by atoms with Crippen LogP contribution in [0.2, 0.25) is 5.02 Å². The Kier molecular flexibility index (Phi) is 10.9. The molecule has 2 rings (SSSR count). The molecule has 7 nitrogen and oxygen atoms in total. The number of sulfonamides is 1. The molecule has 0 saturated carbocycles. The van der Waals surface area contributed by atoms with Gasteiger partial charge in [-0.3, -0.25) is 13.9 Å². The number of unbranched alkanes of at least 4 members (excludes halogenated alkanes) is 1. The van der Waals surface area contributed by atoms with Gasteiger partial charge in [0.05, 0.1) is 11.9 Å². The van der Waals surface area contributed by atoms with Gasteiger partial charge in [-0.25, -0.2) is 8.42 Å². The lowest BCUT2D eigenvalue weighted by Crippen LogP contribution is -2.52. The van der Waals surface area contributed by atoms with Crippen LogP contribution < -0.4 is 9.62 Å². The molecule has 1 N–H and O–H groups in total. The molecule has 0 aliphatic heterocycles. The molecule has 0 spiro atoms. The van der Waals surface area contributed by atoms with E-state index in [0.29, 0.717) is 33.7 Å². The second-order valence-electron chi connectivity index (χ2n) is 7.90. The van der Waals surface area contributed by atoms with Gasteiger partial charge in [-0.15, -0.1) is 0 Å². The SMILES string of the molecule is CCCCNC(=O)[C@@H](CC)N(Cc1ccccc1Cl)C(=O)CN(c1ccccc1Br)S(C)(=O)=O. The predicted octanol–water partition coefficient (Wildman–Crippen LogP) is 4.59. The third-order valence-electron chi connectivity index (χ3n) is 5.31. The number of hydrogen-bond donors (Lipinski definition) is 1. The minimum absolute atomic E-state index is 0.0752. The second kappa shape index (κ2) is 13.1. The van der Waals surface area contributed by atoms with E-state index in [1.54, 1.807) is 48.5 Å². The van der Waals surface area contributed by atoms with Crippen LogP contribution in [0.4, 0.5) is 5.69 Å². The Morgan fingerprint density at radius 2 is 1.74 bits per heavy atom. The number of hydrogen-bond acceptors (Lipinski definition) is 4. The number of para-hydroxylation sites is 1. The summed E-state index contributed by atoms with van der Waals surface area (Å²) in [5.41, 5.74) is 1.01. The van der Waals surface area contributed by atoms with Gasteiger partial charge in [-0.05, 0) is 52.5 Å². The van der Waals surface area contributed by atoms with Crippen LogP contribution >= 0.6 is 27.5 Å². The number of amides is 2. The van der Waals surface area contributed by atoms with E-state index < -0.39 is 28.5 Å². The Balaban J connectivity index is 2.43. The van der Waals surface area contributed by atoms with Gasteiger partial charge >= 0.3 is 0 Å².